The summed E-state index contributed by atoms with van der Waals surface area (Å²) in [4.78, 5) is 41.7. The van der Waals surface area contributed by atoms with Gasteiger partial charge in [0.25, 0.3) is 5.91 Å². The van der Waals surface area contributed by atoms with Crippen LogP contribution in [0.25, 0.3) is 22.4 Å². The molecule has 4 N–H and O–H groups in total. The molecule has 0 saturated heterocycles. The van der Waals surface area contributed by atoms with Gasteiger partial charge in [0.1, 0.15) is 23.2 Å². The number of nitrogens with zero attached hydrogens (tertiary/aromatic N) is 2. The molecule has 0 fully saturated rings. The van der Waals surface area contributed by atoms with E-state index in [0.717, 1.165) is 0 Å². The largest absolute Gasteiger partial charge is 0.467 e. The highest BCUT2D eigenvalue weighted by Crippen LogP contribution is 2.37. The fraction of sp³-hybridized carbons (Fsp3) is 0.265. The van der Waals surface area contributed by atoms with Crippen LogP contribution < -0.4 is 20.7 Å². The maximum absolute atomic E-state index is 14.2. The number of ether oxygens (including phenoxy) is 2. The fourth-order valence-corrected chi connectivity index (χ4v) is 4.77. The van der Waals surface area contributed by atoms with Crippen molar-refractivity contribution in [3.8, 4) is 34.2 Å². The lowest BCUT2D eigenvalue weighted by Crippen LogP contribution is -2.43. The number of halogens is 1. The molecule has 1 atom stereocenters. The average molecular weight is 644 g/mol. The number of amides is 3. The van der Waals surface area contributed by atoms with Crippen molar-refractivity contribution in [2.75, 3.05) is 24.5 Å². The Morgan fingerprint density at radius 3 is 2.51 bits per heavy atom. The Balaban J connectivity index is 1.73. The molecule has 0 aliphatic heterocycles. The van der Waals surface area contributed by atoms with E-state index in [2.05, 4.69) is 27.0 Å². The summed E-state index contributed by atoms with van der Waals surface area (Å²) in [5, 5.41) is 27.4. The minimum Gasteiger partial charge on any atom is -0.467 e. The summed E-state index contributed by atoms with van der Waals surface area (Å²) in [6, 6.07) is 16.8. The number of hydrogen-bond donors (Lipinski definition) is 4. The smallest absolute Gasteiger partial charge is 0.404 e. The minimum atomic E-state index is -1.17. The second kappa shape index (κ2) is 15.0. The number of carboxylic acid groups (broad SMARTS) is 1. The topological polar surface area (TPSA) is 176 Å². The van der Waals surface area contributed by atoms with Crippen molar-refractivity contribution in [2.24, 2.45) is 5.41 Å². The standard InChI is InChI=1S/C34H34FN5O7/c1-34(2,3)29(39-33(43)44)12-13-30(41)37-22-8-5-7-20(15-22)24-17-26(23-11-10-21(35)16-28(23)47-19-45-4)38-31(25(24)18-36)40-32(42)27-9-6-14-46-27/h5-11,14-17,29,39H,12-13,19H2,1-4H3,(H,37,41)(H,43,44)(H,38,40,42). The van der Waals surface area contributed by atoms with Crippen molar-refractivity contribution in [2.45, 2.75) is 39.7 Å². The highest BCUT2D eigenvalue weighted by Gasteiger charge is 2.27. The minimum absolute atomic E-state index is 0.00879. The quantitative estimate of drug-likeness (QED) is 0.123. The lowest BCUT2D eigenvalue weighted by molar-refractivity contribution is -0.116. The van der Waals surface area contributed by atoms with Gasteiger partial charge in [-0.15, -0.1) is 0 Å². The molecule has 0 aliphatic rings. The van der Waals surface area contributed by atoms with E-state index >= 15 is 0 Å². The van der Waals surface area contributed by atoms with Gasteiger partial charge in [-0.05, 0) is 59.9 Å². The molecule has 0 aliphatic carbocycles. The van der Waals surface area contributed by atoms with Crippen LogP contribution in [0.1, 0.15) is 49.7 Å². The summed E-state index contributed by atoms with van der Waals surface area (Å²) in [5.74, 6) is -1.52. The summed E-state index contributed by atoms with van der Waals surface area (Å²) in [7, 11) is 1.42. The number of hydrogen-bond acceptors (Lipinski definition) is 8. The van der Waals surface area contributed by atoms with Gasteiger partial charge in [-0.1, -0.05) is 32.9 Å². The predicted octanol–water partition coefficient (Wildman–Crippen LogP) is 6.66. The van der Waals surface area contributed by atoms with Gasteiger partial charge in [0.15, 0.2) is 18.4 Å². The van der Waals surface area contributed by atoms with Crippen LogP contribution in [-0.4, -0.2) is 47.9 Å². The number of rotatable bonds is 12. The molecule has 4 rings (SSSR count). The van der Waals surface area contributed by atoms with Gasteiger partial charge in [0.2, 0.25) is 5.91 Å². The number of benzene rings is 2. The number of anilines is 2. The fourth-order valence-electron chi connectivity index (χ4n) is 4.77. The van der Waals surface area contributed by atoms with Gasteiger partial charge in [0, 0.05) is 42.5 Å². The molecule has 2 aromatic carbocycles. The number of carbonyl (C=O) groups excluding carboxylic acids is 2. The Labute approximate surface area is 270 Å². The van der Waals surface area contributed by atoms with Crippen LogP contribution in [0.5, 0.6) is 5.75 Å². The summed E-state index contributed by atoms with van der Waals surface area (Å²) in [6.07, 6.45) is 0.490. The molecular formula is C34H34FN5O7. The second-order valence-electron chi connectivity index (χ2n) is 11.5. The van der Waals surface area contributed by atoms with Crippen LogP contribution in [0.15, 0.2) is 71.3 Å². The van der Waals surface area contributed by atoms with E-state index in [-0.39, 0.29) is 54.1 Å². The van der Waals surface area contributed by atoms with Crippen molar-refractivity contribution < 1.29 is 37.8 Å². The average Bonchev–Trinajstić information content (AvgIpc) is 3.57. The molecule has 13 heteroatoms. The van der Waals surface area contributed by atoms with Gasteiger partial charge < -0.3 is 34.9 Å². The van der Waals surface area contributed by atoms with Gasteiger partial charge in [-0.3, -0.25) is 9.59 Å². The highest BCUT2D eigenvalue weighted by atomic mass is 19.1. The molecule has 47 heavy (non-hydrogen) atoms. The first-order valence-corrected chi connectivity index (χ1v) is 14.5. The lowest BCUT2D eigenvalue weighted by Gasteiger charge is -2.30. The molecule has 0 saturated carbocycles. The Hall–Kier alpha value is -5.74. The SMILES string of the molecule is COCOc1cc(F)ccc1-c1cc(-c2cccc(NC(=O)CCC(NC(=O)O)C(C)(C)C)c2)c(C#N)c(NC(=O)c2ccco2)n1. The van der Waals surface area contributed by atoms with Gasteiger partial charge in [-0.2, -0.15) is 5.26 Å². The molecule has 1 unspecified atom stereocenters. The van der Waals surface area contributed by atoms with Crippen molar-refractivity contribution in [3.05, 3.63) is 84.1 Å². The number of nitriles is 1. The van der Waals surface area contributed by atoms with Gasteiger partial charge in [-0.25, -0.2) is 14.2 Å². The number of nitrogens with one attached hydrogen (secondary N) is 3. The molecule has 244 valence electrons. The monoisotopic (exact) mass is 643 g/mol. The van der Waals surface area contributed by atoms with E-state index in [1.165, 1.54) is 37.6 Å². The Morgan fingerprint density at radius 2 is 1.85 bits per heavy atom. The molecule has 12 nitrogen and oxygen atoms in total. The maximum Gasteiger partial charge on any atom is 0.404 e. The Bertz CT molecular complexity index is 1800. The summed E-state index contributed by atoms with van der Waals surface area (Å²) < 4.78 is 30.0. The molecule has 4 aromatic rings. The zero-order valence-corrected chi connectivity index (χ0v) is 26.2. The first kappa shape index (κ1) is 34.1. The third kappa shape index (κ3) is 8.93. The number of furan rings is 1. The lowest BCUT2D eigenvalue weighted by atomic mass is 9.84. The summed E-state index contributed by atoms with van der Waals surface area (Å²) >= 11 is 0. The number of methoxy groups -OCH3 is 1. The molecule has 0 spiro atoms. The van der Waals surface area contributed by atoms with Crippen molar-refractivity contribution in [3.63, 3.8) is 0 Å². The van der Waals surface area contributed by atoms with Crippen LogP contribution in [0.3, 0.4) is 0 Å². The van der Waals surface area contributed by atoms with Crippen LogP contribution in [-0.2, 0) is 9.53 Å². The van der Waals surface area contributed by atoms with E-state index in [9.17, 15) is 29.1 Å². The zero-order valence-electron chi connectivity index (χ0n) is 26.2. The van der Waals surface area contributed by atoms with E-state index in [1.807, 2.05) is 20.8 Å². The van der Waals surface area contributed by atoms with Crippen molar-refractivity contribution in [1.82, 2.24) is 10.3 Å². The third-order valence-electron chi connectivity index (χ3n) is 7.12. The molecule has 3 amide bonds. The van der Waals surface area contributed by atoms with Crippen LogP contribution in [0.4, 0.5) is 20.7 Å². The first-order valence-electron chi connectivity index (χ1n) is 14.5. The number of carbonyl (C=O) groups is 3. The Kier molecular flexibility index (Phi) is 10.9. The van der Waals surface area contributed by atoms with Crippen LogP contribution in [0, 0.1) is 22.6 Å². The van der Waals surface area contributed by atoms with Crippen LogP contribution >= 0.6 is 0 Å². The van der Waals surface area contributed by atoms with Gasteiger partial charge >= 0.3 is 6.09 Å². The summed E-state index contributed by atoms with van der Waals surface area (Å²) in [6.45, 7) is 5.48. The normalized spacial score (nSPS) is 11.7. The van der Waals surface area contributed by atoms with E-state index in [0.29, 0.717) is 22.4 Å². The molecular weight excluding hydrogens is 609 g/mol. The first-order chi connectivity index (χ1) is 22.4. The number of pyridine rings is 1. The molecule has 0 bridgehead atoms. The van der Waals surface area contributed by atoms with E-state index in [1.54, 1.807) is 36.4 Å². The summed E-state index contributed by atoms with van der Waals surface area (Å²) in [5.41, 5.74) is 1.48. The Morgan fingerprint density at radius 1 is 1.06 bits per heavy atom. The van der Waals surface area contributed by atoms with E-state index in [4.69, 9.17) is 13.9 Å². The highest BCUT2D eigenvalue weighted by molar-refractivity contribution is 6.03. The second-order valence-corrected chi connectivity index (χ2v) is 11.5. The molecule has 0 radical (unpaired) electrons. The van der Waals surface area contributed by atoms with E-state index < -0.39 is 29.3 Å². The predicted molar refractivity (Wildman–Crippen MR) is 171 cm³/mol. The molecule has 2 heterocycles. The van der Waals surface area contributed by atoms with Crippen molar-refractivity contribution >= 4 is 29.4 Å². The third-order valence-corrected chi connectivity index (χ3v) is 7.12. The zero-order chi connectivity index (χ0) is 34.1. The van der Waals surface area contributed by atoms with Crippen LogP contribution in [0.2, 0.25) is 0 Å². The van der Waals surface area contributed by atoms with Gasteiger partial charge in [0.05, 0.1) is 12.0 Å². The van der Waals surface area contributed by atoms with Crippen molar-refractivity contribution in [1.29, 1.82) is 5.26 Å². The maximum atomic E-state index is 14.2. The molecule has 2 aromatic heterocycles. The number of aromatic nitrogens is 1.